The molecule has 1 unspecified atom stereocenters. The van der Waals surface area contributed by atoms with Crippen molar-refractivity contribution < 1.29 is 9.53 Å². The molecule has 0 bridgehead atoms. The summed E-state index contributed by atoms with van der Waals surface area (Å²) in [6.45, 7) is 12.4. The predicted octanol–water partition coefficient (Wildman–Crippen LogP) is 4.04. The molecule has 0 spiro atoms. The predicted molar refractivity (Wildman–Crippen MR) is 155 cm³/mol. The fraction of sp³-hybridized carbons (Fsp3) is 0.594. The lowest BCUT2D eigenvalue weighted by Crippen LogP contribution is -2.49. The molecule has 2 aromatic rings. The number of rotatable bonds is 14. The van der Waals surface area contributed by atoms with Gasteiger partial charge in [0, 0.05) is 31.8 Å². The van der Waals surface area contributed by atoms with Crippen molar-refractivity contribution in [3.8, 4) is 0 Å². The summed E-state index contributed by atoms with van der Waals surface area (Å²) in [7, 11) is 0. The number of piperidine rings is 1. The molecule has 6 nitrogen and oxygen atoms in total. The van der Waals surface area contributed by atoms with Crippen LogP contribution in [0.3, 0.4) is 0 Å². The highest BCUT2D eigenvalue weighted by Gasteiger charge is 2.49. The average molecular weight is 521 g/mol. The summed E-state index contributed by atoms with van der Waals surface area (Å²) in [5.74, 6) is -0.104. The van der Waals surface area contributed by atoms with Gasteiger partial charge in [-0.2, -0.15) is 0 Å². The highest BCUT2D eigenvalue weighted by molar-refractivity contribution is 5.91. The van der Waals surface area contributed by atoms with E-state index in [9.17, 15) is 4.79 Å². The van der Waals surface area contributed by atoms with E-state index in [0.717, 1.165) is 82.9 Å². The summed E-state index contributed by atoms with van der Waals surface area (Å²) in [6.07, 6.45) is 5.61. The molecule has 2 fully saturated rings. The molecule has 4 rings (SSSR count). The van der Waals surface area contributed by atoms with E-state index in [4.69, 9.17) is 10.5 Å². The molecule has 6 heteroatoms. The summed E-state index contributed by atoms with van der Waals surface area (Å²) in [5, 5.41) is 3.47. The minimum atomic E-state index is -0.808. The number of nitrogens with two attached hydrogens (primary N) is 1. The van der Waals surface area contributed by atoms with E-state index in [1.807, 2.05) is 36.4 Å². The van der Waals surface area contributed by atoms with Gasteiger partial charge >= 0.3 is 0 Å². The van der Waals surface area contributed by atoms with Crippen molar-refractivity contribution in [2.75, 3.05) is 52.5 Å². The van der Waals surface area contributed by atoms with Gasteiger partial charge in [0.2, 0.25) is 5.91 Å². The molecule has 1 atom stereocenters. The second-order valence-corrected chi connectivity index (χ2v) is 11.3. The van der Waals surface area contributed by atoms with Crippen LogP contribution in [-0.2, 0) is 14.9 Å². The van der Waals surface area contributed by atoms with Crippen molar-refractivity contribution in [1.82, 2.24) is 15.1 Å². The molecule has 1 amide bonds. The SMILES string of the molecule is CC(C)N(CCOCCCCN1CCC(C(C(N)=O)(c2ccccc2)c2ccccc2)C1)C1CCNCC1. The number of nitrogens with one attached hydrogen (secondary N) is 1. The van der Waals surface area contributed by atoms with Crippen LogP contribution in [0.1, 0.15) is 57.1 Å². The summed E-state index contributed by atoms with van der Waals surface area (Å²) < 4.78 is 6.06. The second-order valence-electron chi connectivity index (χ2n) is 11.3. The number of likely N-dealkylation sites (tertiary alicyclic amines) is 1. The molecule has 38 heavy (non-hydrogen) atoms. The molecule has 0 radical (unpaired) electrons. The lowest BCUT2D eigenvalue weighted by molar-refractivity contribution is -0.123. The Labute approximate surface area is 229 Å². The van der Waals surface area contributed by atoms with Crippen LogP contribution in [0.15, 0.2) is 60.7 Å². The van der Waals surface area contributed by atoms with Gasteiger partial charge in [-0.25, -0.2) is 0 Å². The first kappa shape index (κ1) is 28.8. The largest absolute Gasteiger partial charge is 0.380 e. The highest BCUT2D eigenvalue weighted by atomic mass is 16.5. The van der Waals surface area contributed by atoms with Gasteiger partial charge in [0.25, 0.3) is 0 Å². The van der Waals surface area contributed by atoms with Gasteiger partial charge in [-0.15, -0.1) is 0 Å². The zero-order chi connectivity index (χ0) is 26.8. The summed E-state index contributed by atoms with van der Waals surface area (Å²) >= 11 is 0. The second kappa shape index (κ2) is 14.2. The number of benzene rings is 2. The normalized spacial score (nSPS) is 19.4. The van der Waals surface area contributed by atoms with Crippen LogP contribution < -0.4 is 11.1 Å². The maximum absolute atomic E-state index is 13.2. The van der Waals surface area contributed by atoms with E-state index in [2.05, 4.69) is 53.2 Å². The van der Waals surface area contributed by atoms with E-state index < -0.39 is 5.41 Å². The molecule has 0 saturated carbocycles. The smallest absolute Gasteiger partial charge is 0.232 e. The molecular weight excluding hydrogens is 472 g/mol. The van der Waals surface area contributed by atoms with Crippen molar-refractivity contribution in [3.05, 3.63) is 71.8 Å². The van der Waals surface area contributed by atoms with Crippen molar-refractivity contribution in [1.29, 1.82) is 0 Å². The standard InChI is InChI=1S/C32H48N4O2/c1-26(2)36(30-15-18-34-19-16-30)22-24-38-23-10-9-20-35-21-17-29(25-35)32(31(33)37,27-11-5-3-6-12-27)28-13-7-4-8-14-28/h3-8,11-14,26,29-30,34H,9-10,15-25H2,1-2H3,(H2,33,37). The quantitative estimate of drug-likeness (QED) is 0.368. The molecule has 2 aromatic carbocycles. The molecule has 2 aliphatic rings. The molecular formula is C32H48N4O2. The van der Waals surface area contributed by atoms with Crippen LogP contribution in [-0.4, -0.2) is 80.3 Å². The molecule has 208 valence electrons. The van der Waals surface area contributed by atoms with Gasteiger partial charge in [0.1, 0.15) is 5.41 Å². The Balaban J connectivity index is 1.26. The Morgan fingerprint density at radius 3 is 2.21 bits per heavy atom. The fourth-order valence-electron chi connectivity index (χ4n) is 6.73. The number of hydrogen-bond donors (Lipinski definition) is 2. The summed E-state index contributed by atoms with van der Waals surface area (Å²) in [5.41, 5.74) is 7.43. The molecule has 3 N–H and O–H groups in total. The Morgan fingerprint density at radius 2 is 1.63 bits per heavy atom. The van der Waals surface area contributed by atoms with Crippen molar-refractivity contribution in [3.63, 3.8) is 0 Å². The van der Waals surface area contributed by atoms with Crippen molar-refractivity contribution in [2.24, 2.45) is 11.7 Å². The van der Waals surface area contributed by atoms with Crippen LogP contribution in [0, 0.1) is 5.92 Å². The van der Waals surface area contributed by atoms with Crippen LogP contribution in [0.25, 0.3) is 0 Å². The number of primary amides is 1. The summed E-state index contributed by atoms with van der Waals surface area (Å²) in [4.78, 5) is 18.4. The first-order chi connectivity index (χ1) is 18.5. The average Bonchev–Trinajstić information content (AvgIpc) is 3.41. The fourth-order valence-corrected chi connectivity index (χ4v) is 6.73. The molecule has 2 saturated heterocycles. The third-order valence-corrected chi connectivity index (χ3v) is 8.68. The molecule has 2 aliphatic heterocycles. The first-order valence-electron chi connectivity index (χ1n) is 14.7. The number of ether oxygens (including phenoxy) is 1. The third kappa shape index (κ3) is 6.84. The maximum Gasteiger partial charge on any atom is 0.232 e. The Morgan fingerprint density at radius 1 is 1.00 bits per heavy atom. The first-order valence-corrected chi connectivity index (χ1v) is 14.7. The maximum atomic E-state index is 13.2. The van der Waals surface area contributed by atoms with Gasteiger partial charge in [-0.05, 0) is 89.2 Å². The van der Waals surface area contributed by atoms with E-state index in [0.29, 0.717) is 12.1 Å². The Hall–Kier alpha value is -2.25. The molecule has 0 aliphatic carbocycles. The van der Waals surface area contributed by atoms with Crippen LogP contribution in [0.5, 0.6) is 0 Å². The van der Waals surface area contributed by atoms with E-state index in [1.165, 1.54) is 12.8 Å². The van der Waals surface area contributed by atoms with E-state index in [1.54, 1.807) is 0 Å². The van der Waals surface area contributed by atoms with Crippen molar-refractivity contribution >= 4 is 5.91 Å². The van der Waals surface area contributed by atoms with Crippen LogP contribution in [0.2, 0.25) is 0 Å². The zero-order valence-electron chi connectivity index (χ0n) is 23.5. The van der Waals surface area contributed by atoms with Crippen molar-refractivity contribution in [2.45, 2.75) is 63.5 Å². The summed E-state index contributed by atoms with van der Waals surface area (Å²) in [6, 6.07) is 21.5. The Bertz CT molecular complexity index is 922. The molecule has 0 aromatic heterocycles. The number of nitrogens with zero attached hydrogens (tertiary/aromatic N) is 2. The number of carbonyl (C=O) groups excluding carboxylic acids is 1. The number of carbonyl (C=O) groups is 1. The number of hydrogen-bond acceptors (Lipinski definition) is 5. The van der Waals surface area contributed by atoms with Gasteiger partial charge < -0.3 is 20.7 Å². The third-order valence-electron chi connectivity index (χ3n) is 8.68. The molecule has 2 heterocycles. The number of amides is 1. The monoisotopic (exact) mass is 520 g/mol. The number of unbranched alkanes of at least 4 members (excludes halogenated alkanes) is 1. The van der Waals surface area contributed by atoms with Gasteiger partial charge in [-0.3, -0.25) is 9.69 Å². The topological polar surface area (TPSA) is 70.8 Å². The highest BCUT2D eigenvalue weighted by Crippen LogP contribution is 2.43. The van der Waals surface area contributed by atoms with Gasteiger partial charge in [0.15, 0.2) is 0 Å². The lowest BCUT2D eigenvalue weighted by atomic mass is 9.64. The van der Waals surface area contributed by atoms with Crippen LogP contribution in [0.4, 0.5) is 0 Å². The van der Waals surface area contributed by atoms with E-state index >= 15 is 0 Å². The Kier molecular flexibility index (Phi) is 10.8. The van der Waals surface area contributed by atoms with Gasteiger partial charge in [-0.1, -0.05) is 60.7 Å². The zero-order valence-corrected chi connectivity index (χ0v) is 23.5. The van der Waals surface area contributed by atoms with Crippen LogP contribution >= 0.6 is 0 Å². The van der Waals surface area contributed by atoms with E-state index in [-0.39, 0.29) is 11.8 Å². The minimum absolute atomic E-state index is 0.151. The van der Waals surface area contributed by atoms with Gasteiger partial charge in [0.05, 0.1) is 6.61 Å². The lowest BCUT2D eigenvalue weighted by Gasteiger charge is -2.37. The minimum Gasteiger partial charge on any atom is -0.380 e.